The Labute approximate surface area is 119 Å². The zero-order chi connectivity index (χ0) is 14.1. The van der Waals surface area contributed by atoms with Crippen LogP contribution >= 0.6 is 0 Å². The maximum absolute atomic E-state index is 5.98. The Morgan fingerprint density at radius 2 is 1.74 bits per heavy atom. The van der Waals surface area contributed by atoms with Gasteiger partial charge in [-0.15, -0.1) is 0 Å². The average molecular weight is 262 g/mol. The number of anilines is 1. The van der Waals surface area contributed by atoms with Crippen LogP contribution in [0.4, 0.5) is 5.69 Å². The summed E-state index contributed by atoms with van der Waals surface area (Å²) in [4.78, 5) is 2.59. The first kappa shape index (κ1) is 16.0. The van der Waals surface area contributed by atoms with Crippen LogP contribution in [-0.4, -0.2) is 24.0 Å². The Balaban J connectivity index is 2.34. The van der Waals surface area contributed by atoms with E-state index < -0.39 is 0 Å². The van der Waals surface area contributed by atoms with Crippen LogP contribution in [-0.2, 0) is 6.42 Å². The standard InChI is InChI=1S/C17H30N2/c1-4-5-8-13-19(15(2)3)14-9-11-16-10-6-7-12-17(16)18/h6-7,10,12,15H,4-5,8-9,11,13-14,18H2,1-3H3. The fourth-order valence-corrected chi connectivity index (χ4v) is 2.43. The van der Waals surface area contributed by atoms with Gasteiger partial charge in [0.25, 0.3) is 0 Å². The molecule has 1 aromatic rings. The first-order chi connectivity index (χ1) is 9.15. The van der Waals surface area contributed by atoms with Crippen LogP contribution in [0.5, 0.6) is 0 Å². The van der Waals surface area contributed by atoms with Crippen LogP contribution in [0.1, 0.15) is 52.0 Å². The van der Waals surface area contributed by atoms with Crippen molar-refractivity contribution in [3.63, 3.8) is 0 Å². The number of hydrogen-bond acceptors (Lipinski definition) is 2. The number of nitrogens with zero attached hydrogens (tertiary/aromatic N) is 1. The van der Waals surface area contributed by atoms with Gasteiger partial charge in [0.1, 0.15) is 0 Å². The molecule has 0 bridgehead atoms. The summed E-state index contributed by atoms with van der Waals surface area (Å²) < 4.78 is 0. The highest BCUT2D eigenvalue weighted by atomic mass is 15.1. The minimum atomic E-state index is 0.643. The molecule has 1 rings (SSSR count). The second-order valence-corrected chi connectivity index (χ2v) is 5.64. The molecular weight excluding hydrogens is 232 g/mol. The van der Waals surface area contributed by atoms with E-state index in [0.29, 0.717) is 6.04 Å². The molecule has 2 N–H and O–H groups in total. The summed E-state index contributed by atoms with van der Waals surface area (Å²) >= 11 is 0. The number of nitrogens with two attached hydrogens (primary N) is 1. The lowest BCUT2D eigenvalue weighted by atomic mass is 10.1. The van der Waals surface area contributed by atoms with Crippen molar-refractivity contribution < 1.29 is 0 Å². The topological polar surface area (TPSA) is 29.3 Å². The van der Waals surface area contributed by atoms with Crippen LogP contribution in [0.15, 0.2) is 24.3 Å². The molecule has 0 saturated heterocycles. The van der Waals surface area contributed by atoms with Gasteiger partial charge in [-0.25, -0.2) is 0 Å². The Morgan fingerprint density at radius 3 is 2.37 bits per heavy atom. The Hall–Kier alpha value is -1.02. The van der Waals surface area contributed by atoms with E-state index in [-0.39, 0.29) is 0 Å². The highest BCUT2D eigenvalue weighted by Gasteiger charge is 2.08. The Bertz CT molecular complexity index is 347. The minimum absolute atomic E-state index is 0.643. The van der Waals surface area contributed by atoms with Crippen molar-refractivity contribution in [2.45, 2.75) is 58.9 Å². The second kappa shape index (κ2) is 8.98. The van der Waals surface area contributed by atoms with Crippen molar-refractivity contribution in [1.29, 1.82) is 0 Å². The first-order valence-corrected chi connectivity index (χ1v) is 7.72. The third-order valence-corrected chi connectivity index (χ3v) is 3.73. The number of nitrogen functional groups attached to an aromatic ring is 1. The molecule has 0 radical (unpaired) electrons. The van der Waals surface area contributed by atoms with Gasteiger partial charge in [-0.1, -0.05) is 38.0 Å². The fraction of sp³-hybridized carbons (Fsp3) is 0.647. The number of para-hydroxylation sites is 1. The molecule has 2 nitrogen and oxygen atoms in total. The van der Waals surface area contributed by atoms with E-state index in [1.165, 1.54) is 44.3 Å². The van der Waals surface area contributed by atoms with E-state index in [1.807, 2.05) is 12.1 Å². The maximum Gasteiger partial charge on any atom is 0.0346 e. The quantitative estimate of drug-likeness (QED) is 0.536. The number of benzene rings is 1. The third kappa shape index (κ3) is 6.11. The summed E-state index contributed by atoms with van der Waals surface area (Å²) in [5, 5.41) is 0. The van der Waals surface area contributed by atoms with Crippen molar-refractivity contribution in [1.82, 2.24) is 4.90 Å². The van der Waals surface area contributed by atoms with Gasteiger partial charge in [0.15, 0.2) is 0 Å². The average Bonchev–Trinajstić information content (AvgIpc) is 2.39. The predicted octanol–water partition coefficient (Wildman–Crippen LogP) is 4.10. The summed E-state index contributed by atoms with van der Waals surface area (Å²) in [5.74, 6) is 0. The van der Waals surface area contributed by atoms with Gasteiger partial charge in [-0.2, -0.15) is 0 Å². The van der Waals surface area contributed by atoms with Crippen LogP contribution in [0.2, 0.25) is 0 Å². The van der Waals surface area contributed by atoms with Gasteiger partial charge in [0.2, 0.25) is 0 Å². The van der Waals surface area contributed by atoms with Gasteiger partial charge in [0, 0.05) is 11.7 Å². The van der Waals surface area contributed by atoms with E-state index in [9.17, 15) is 0 Å². The predicted molar refractivity (Wildman–Crippen MR) is 85.4 cm³/mol. The molecule has 0 aliphatic carbocycles. The normalized spacial score (nSPS) is 11.4. The smallest absolute Gasteiger partial charge is 0.0346 e. The van der Waals surface area contributed by atoms with E-state index in [1.54, 1.807) is 0 Å². The molecule has 0 spiro atoms. The third-order valence-electron chi connectivity index (χ3n) is 3.73. The van der Waals surface area contributed by atoms with Crippen LogP contribution in [0.3, 0.4) is 0 Å². The van der Waals surface area contributed by atoms with E-state index in [4.69, 9.17) is 5.73 Å². The maximum atomic E-state index is 5.98. The molecule has 0 atom stereocenters. The highest BCUT2D eigenvalue weighted by molar-refractivity contribution is 5.46. The van der Waals surface area contributed by atoms with Gasteiger partial charge in [-0.3, -0.25) is 0 Å². The molecule has 0 unspecified atom stereocenters. The van der Waals surface area contributed by atoms with Crippen molar-refractivity contribution in [3.05, 3.63) is 29.8 Å². The number of aryl methyl sites for hydroxylation is 1. The molecule has 1 aromatic carbocycles. The van der Waals surface area contributed by atoms with Crippen molar-refractivity contribution in [2.75, 3.05) is 18.8 Å². The van der Waals surface area contributed by atoms with E-state index in [0.717, 1.165) is 12.1 Å². The lowest BCUT2D eigenvalue weighted by Crippen LogP contribution is -2.33. The van der Waals surface area contributed by atoms with Crippen LogP contribution in [0, 0.1) is 0 Å². The highest BCUT2D eigenvalue weighted by Crippen LogP contribution is 2.13. The first-order valence-electron chi connectivity index (χ1n) is 7.72. The van der Waals surface area contributed by atoms with Gasteiger partial charge in [0.05, 0.1) is 0 Å². The van der Waals surface area contributed by atoms with Crippen molar-refractivity contribution >= 4 is 5.69 Å². The van der Waals surface area contributed by atoms with Crippen molar-refractivity contribution in [2.24, 2.45) is 0 Å². The molecule has 0 fully saturated rings. The molecule has 0 aromatic heterocycles. The molecular formula is C17H30N2. The zero-order valence-corrected chi connectivity index (χ0v) is 12.9. The molecule has 0 saturated carbocycles. The summed E-state index contributed by atoms with van der Waals surface area (Å²) in [7, 11) is 0. The molecule has 0 amide bonds. The largest absolute Gasteiger partial charge is 0.399 e. The van der Waals surface area contributed by atoms with Gasteiger partial charge in [-0.05, 0) is 57.8 Å². The Kier molecular flexibility index (Phi) is 7.57. The van der Waals surface area contributed by atoms with Gasteiger partial charge < -0.3 is 10.6 Å². The number of rotatable bonds is 9. The number of unbranched alkanes of at least 4 members (excludes halogenated alkanes) is 2. The summed E-state index contributed by atoms with van der Waals surface area (Å²) in [6.45, 7) is 9.26. The monoisotopic (exact) mass is 262 g/mol. The SMILES string of the molecule is CCCCCN(CCCc1ccccc1N)C(C)C. The van der Waals surface area contributed by atoms with Crippen LogP contribution in [0.25, 0.3) is 0 Å². The lowest BCUT2D eigenvalue weighted by Gasteiger charge is -2.26. The molecule has 2 heteroatoms. The molecule has 0 aliphatic rings. The lowest BCUT2D eigenvalue weighted by molar-refractivity contribution is 0.215. The molecule has 0 aliphatic heterocycles. The van der Waals surface area contributed by atoms with E-state index in [2.05, 4.69) is 37.8 Å². The fourth-order valence-electron chi connectivity index (χ4n) is 2.43. The second-order valence-electron chi connectivity index (χ2n) is 5.64. The molecule has 19 heavy (non-hydrogen) atoms. The zero-order valence-electron chi connectivity index (χ0n) is 12.9. The van der Waals surface area contributed by atoms with Crippen molar-refractivity contribution in [3.8, 4) is 0 Å². The van der Waals surface area contributed by atoms with Gasteiger partial charge >= 0.3 is 0 Å². The molecule has 108 valence electrons. The van der Waals surface area contributed by atoms with E-state index >= 15 is 0 Å². The van der Waals surface area contributed by atoms with Crippen LogP contribution < -0.4 is 5.73 Å². The minimum Gasteiger partial charge on any atom is -0.399 e. The molecule has 0 heterocycles. The summed E-state index contributed by atoms with van der Waals surface area (Å²) in [5.41, 5.74) is 8.21. The summed E-state index contributed by atoms with van der Waals surface area (Å²) in [6, 6.07) is 8.87. The Morgan fingerprint density at radius 1 is 1.05 bits per heavy atom. The number of hydrogen-bond donors (Lipinski definition) is 1. The summed E-state index contributed by atoms with van der Waals surface area (Å²) in [6.07, 6.45) is 6.24.